The normalized spacial score (nSPS) is 18.6. The SMILES string of the molecule is CNCC(c1ccccc1)S(=O)(=O)CC1CCCC1. The third kappa shape index (κ3) is 3.80. The second-order valence-electron chi connectivity index (χ2n) is 5.44. The van der Waals surface area contributed by atoms with Crippen LogP contribution in [0.4, 0.5) is 0 Å². The first kappa shape index (κ1) is 14.5. The van der Waals surface area contributed by atoms with Crippen LogP contribution in [0, 0.1) is 5.92 Å². The predicted molar refractivity (Wildman–Crippen MR) is 78.9 cm³/mol. The molecule has 1 aromatic carbocycles. The summed E-state index contributed by atoms with van der Waals surface area (Å²) in [4.78, 5) is 0. The average molecular weight is 281 g/mol. The van der Waals surface area contributed by atoms with E-state index in [0.717, 1.165) is 18.4 Å². The van der Waals surface area contributed by atoms with E-state index in [9.17, 15) is 8.42 Å². The van der Waals surface area contributed by atoms with Crippen LogP contribution in [0.2, 0.25) is 0 Å². The van der Waals surface area contributed by atoms with E-state index in [2.05, 4.69) is 5.32 Å². The van der Waals surface area contributed by atoms with E-state index >= 15 is 0 Å². The Morgan fingerprint density at radius 1 is 1.21 bits per heavy atom. The fraction of sp³-hybridized carbons (Fsp3) is 0.600. The van der Waals surface area contributed by atoms with Crippen LogP contribution in [0.5, 0.6) is 0 Å². The molecule has 3 nitrogen and oxygen atoms in total. The molecular weight excluding hydrogens is 258 g/mol. The molecule has 0 aliphatic heterocycles. The zero-order valence-corrected chi connectivity index (χ0v) is 12.3. The van der Waals surface area contributed by atoms with Gasteiger partial charge >= 0.3 is 0 Å². The Kier molecular flexibility index (Phi) is 4.99. The van der Waals surface area contributed by atoms with Gasteiger partial charge in [-0.3, -0.25) is 0 Å². The number of sulfone groups is 1. The minimum Gasteiger partial charge on any atom is -0.318 e. The molecule has 1 fully saturated rings. The Morgan fingerprint density at radius 3 is 2.42 bits per heavy atom. The summed E-state index contributed by atoms with van der Waals surface area (Å²) in [7, 11) is -1.28. The third-order valence-electron chi connectivity index (χ3n) is 3.94. The van der Waals surface area contributed by atoms with Gasteiger partial charge in [0.25, 0.3) is 0 Å². The number of hydrogen-bond acceptors (Lipinski definition) is 3. The van der Waals surface area contributed by atoms with Crippen molar-refractivity contribution in [2.45, 2.75) is 30.9 Å². The van der Waals surface area contributed by atoms with Crippen molar-refractivity contribution in [1.29, 1.82) is 0 Å². The first-order chi connectivity index (χ1) is 9.13. The molecule has 1 aliphatic carbocycles. The lowest BCUT2D eigenvalue weighted by Gasteiger charge is -2.20. The van der Waals surface area contributed by atoms with E-state index in [1.165, 1.54) is 12.8 Å². The van der Waals surface area contributed by atoms with Crippen LogP contribution in [0.15, 0.2) is 30.3 Å². The largest absolute Gasteiger partial charge is 0.318 e. The van der Waals surface area contributed by atoms with Crippen LogP contribution < -0.4 is 5.32 Å². The Balaban J connectivity index is 2.17. The lowest BCUT2D eigenvalue weighted by atomic mass is 10.1. The fourth-order valence-corrected chi connectivity index (χ4v) is 5.14. The number of likely N-dealkylation sites (N-methyl/N-ethyl adjacent to an activating group) is 1. The molecule has 4 heteroatoms. The second kappa shape index (κ2) is 6.53. The number of nitrogens with one attached hydrogen (secondary N) is 1. The predicted octanol–water partition coefficient (Wildman–Crippen LogP) is 2.55. The van der Waals surface area contributed by atoms with E-state index < -0.39 is 15.1 Å². The third-order valence-corrected chi connectivity index (χ3v) is 6.18. The van der Waals surface area contributed by atoms with E-state index in [1.807, 2.05) is 30.3 Å². The molecule has 1 aromatic rings. The average Bonchev–Trinajstić information content (AvgIpc) is 2.89. The van der Waals surface area contributed by atoms with Crippen molar-refractivity contribution < 1.29 is 8.42 Å². The van der Waals surface area contributed by atoms with Gasteiger partial charge in [-0.05, 0) is 31.4 Å². The zero-order chi connectivity index (χ0) is 13.7. The number of benzene rings is 1. The summed E-state index contributed by atoms with van der Waals surface area (Å²) in [5.41, 5.74) is 0.898. The molecule has 0 saturated heterocycles. The molecule has 0 radical (unpaired) electrons. The van der Waals surface area contributed by atoms with Gasteiger partial charge in [-0.15, -0.1) is 0 Å². The van der Waals surface area contributed by atoms with Crippen molar-refractivity contribution in [3.05, 3.63) is 35.9 Å². The summed E-state index contributed by atoms with van der Waals surface area (Å²) >= 11 is 0. The summed E-state index contributed by atoms with van der Waals surface area (Å²) in [5.74, 6) is 0.710. The van der Waals surface area contributed by atoms with Crippen molar-refractivity contribution >= 4 is 9.84 Å². The van der Waals surface area contributed by atoms with Crippen LogP contribution in [-0.2, 0) is 9.84 Å². The summed E-state index contributed by atoms with van der Waals surface area (Å²) in [5, 5.41) is 2.60. The standard InChI is InChI=1S/C15H23NO2S/c1-16-11-15(14-9-3-2-4-10-14)19(17,18)12-13-7-5-6-8-13/h2-4,9-10,13,15-16H,5-8,11-12H2,1H3. The van der Waals surface area contributed by atoms with Gasteiger partial charge in [-0.25, -0.2) is 8.42 Å². The van der Waals surface area contributed by atoms with Gasteiger partial charge in [-0.2, -0.15) is 0 Å². The van der Waals surface area contributed by atoms with Crippen LogP contribution in [-0.4, -0.2) is 27.8 Å². The Hall–Kier alpha value is -0.870. The smallest absolute Gasteiger partial charge is 0.158 e. The van der Waals surface area contributed by atoms with Crippen molar-refractivity contribution in [1.82, 2.24) is 5.32 Å². The van der Waals surface area contributed by atoms with Crippen molar-refractivity contribution in [3.8, 4) is 0 Å². The summed E-state index contributed by atoms with van der Waals surface area (Å²) in [6.45, 7) is 0.485. The van der Waals surface area contributed by atoms with E-state index in [4.69, 9.17) is 0 Å². The van der Waals surface area contributed by atoms with Gasteiger partial charge in [0.15, 0.2) is 9.84 Å². The minimum atomic E-state index is -3.08. The maximum atomic E-state index is 12.6. The summed E-state index contributed by atoms with van der Waals surface area (Å²) < 4.78 is 25.3. The van der Waals surface area contributed by atoms with Crippen LogP contribution in [0.1, 0.15) is 36.5 Å². The van der Waals surface area contributed by atoms with E-state index in [-0.39, 0.29) is 0 Å². The van der Waals surface area contributed by atoms with E-state index in [0.29, 0.717) is 18.2 Å². The maximum Gasteiger partial charge on any atom is 0.158 e. The molecule has 0 spiro atoms. The first-order valence-electron chi connectivity index (χ1n) is 7.04. The van der Waals surface area contributed by atoms with Crippen molar-refractivity contribution in [2.75, 3.05) is 19.3 Å². The molecule has 1 N–H and O–H groups in total. The van der Waals surface area contributed by atoms with E-state index in [1.54, 1.807) is 7.05 Å². The highest BCUT2D eigenvalue weighted by molar-refractivity contribution is 7.91. The Labute approximate surface area is 116 Å². The topological polar surface area (TPSA) is 46.2 Å². The summed E-state index contributed by atoms with van der Waals surface area (Å²) in [6.07, 6.45) is 4.50. The minimum absolute atomic E-state index is 0.342. The zero-order valence-electron chi connectivity index (χ0n) is 11.5. The molecule has 0 bridgehead atoms. The van der Waals surface area contributed by atoms with Crippen molar-refractivity contribution in [3.63, 3.8) is 0 Å². The highest BCUT2D eigenvalue weighted by Gasteiger charge is 2.30. The molecule has 2 rings (SSSR count). The van der Waals surface area contributed by atoms with Gasteiger partial charge in [0, 0.05) is 6.54 Å². The molecular formula is C15H23NO2S. The Morgan fingerprint density at radius 2 is 1.84 bits per heavy atom. The van der Waals surface area contributed by atoms with Crippen LogP contribution in [0.3, 0.4) is 0 Å². The Bertz CT molecular complexity index is 478. The number of rotatable bonds is 6. The first-order valence-corrected chi connectivity index (χ1v) is 8.76. The van der Waals surface area contributed by atoms with Gasteiger partial charge < -0.3 is 5.32 Å². The molecule has 106 valence electrons. The van der Waals surface area contributed by atoms with Gasteiger partial charge in [0.2, 0.25) is 0 Å². The number of hydrogen-bond donors (Lipinski definition) is 1. The lowest BCUT2D eigenvalue weighted by Crippen LogP contribution is -2.28. The molecule has 1 aliphatic rings. The van der Waals surface area contributed by atoms with Gasteiger partial charge in [0.1, 0.15) is 0 Å². The molecule has 19 heavy (non-hydrogen) atoms. The highest BCUT2D eigenvalue weighted by atomic mass is 32.2. The van der Waals surface area contributed by atoms with Crippen LogP contribution in [0.25, 0.3) is 0 Å². The van der Waals surface area contributed by atoms with Gasteiger partial charge in [-0.1, -0.05) is 43.2 Å². The highest BCUT2D eigenvalue weighted by Crippen LogP contribution is 2.30. The molecule has 0 amide bonds. The maximum absolute atomic E-state index is 12.6. The molecule has 0 heterocycles. The molecule has 1 saturated carbocycles. The monoisotopic (exact) mass is 281 g/mol. The molecule has 1 unspecified atom stereocenters. The fourth-order valence-electron chi connectivity index (χ4n) is 2.93. The molecule has 1 atom stereocenters. The van der Waals surface area contributed by atoms with Gasteiger partial charge in [0.05, 0.1) is 11.0 Å². The molecule has 0 aromatic heterocycles. The van der Waals surface area contributed by atoms with Crippen LogP contribution >= 0.6 is 0 Å². The lowest BCUT2D eigenvalue weighted by molar-refractivity contribution is 0.544. The summed E-state index contributed by atoms with van der Waals surface area (Å²) in [6, 6.07) is 9.55. The second-order valence-corrected chi connectivity index (χ2v) is 7.67. The quantitative estimate of drug-likeness (QED) is 0.871. The van der Waals surface area contributed by atoms with Crippen molar-refractivity contribution in [2.24, 2.45) is 5.92 Å².